The molecule has 0 saturated carbocycles. The standard InChI is InChI=1S/C17H15Cl2N3O3/c18-12-8-11(17(25)14(19)9-12)10-20-22-16(24)7-6-15(23)21-13-4-2-1-3-5-13/h1-5,8-10,25H,6-7H2,(H,21,23)(H,22,24)/b20-10+. The molecular weight excluding hydrogens is 365 g/mol. The number of hydrogen-bond acceptors (Lipinski definition) is 4. The van der Waals surface area contributed by atoms with Gasteiger partial charge in [-0.2, -0.15) is 5.10 Å². The van der Waals surface area contributed by atoms with Gasteiger partial charge >= 0.3 is 0 Å². The predicted molar refractivity (Wildman–Crippen MR) is 98.2 cm³/mol. The van der Waals surface area contributed by atoms with Crippen molar-refractivity contribution in [1.29, 1.82) is 0 Å². The normalized spacial score (nSPS) is 10.6. The summed E-state index contributed by atoms with van der Waals surface area (Å²) in [5.74, 6) is -0.900. The molecular formula is C17H15Cl2N3O3. The van der Waals surface area contributed by atoms with Crippen LogP contribution in [0.4, 0.5) is 5.69 Å². The molecule has 0 heterocycles. The van der Waals surface area contributed by atoms with Gasteiger partial charge in [-0.15, -0.1) is 0 Å². The molecule has 0 aliphatic rings. The summed E-state index contributed by atoms with van der Waals surface area (Å²) in [5, 5.41) is 16.6. The van der Waals surface area contributed by atoms with E-state index in [-0.39, 0.29) is 35.1 Å². The van der Waals surface area contributed by atoms with Gasteiger partial charge in [-0.25, -0.2) is 5.43 Å². The summed E-state index contributed by atoms with van der Waals surface area (Å²) >= 11 is 11.6. The maximum Gasteiger partial charge on any atom is 0.240 e. The molecule has 0 saturated heterocycles. The smallest absolute Gasteiger partial charge is 0.240 e. The topological polar surface area (TPSA) is 90.8 Å². The zero-order chi connectivity index (χ0) is 18.2. The Kier molecular flexibility index (Phi) is 6.80. The van der Waals surface area contributed by atoms with Gasteiger partial charge in [0.25, 0.3) is 0 Å². The second kappa shape index (κ2) is 9.05. The minimum atomic E-state index is -0.438. The van der Waals surface area contributed by atoms with Gasteiger partial charge in [-0.1, -0.05) is 41.4 Å². The number of phenols is 1. The number of aromatic hydroxyl groups is 1. The van der Waals surface area contributed by atoms with Crippen LogP contribution in [0.25, 0.3) is 0 Å². The SMILES string of the molecule is O=C(CCC(=O)Nc1ccccc1)N/N=C/c1cc(Cl)cc(Cl)c1O. The average Bonchev–Trinajstić information content (AvgIpc) is 2.58. The number of carbonyl (C=O) groups is 2. The molecule has 0 fully saturated rings. The Morgan fingerprint density at radius 3 is 2.48 bits per heavy atom. The maximum absolute atomic E-state index is 11.7. The van der Waals surface area contributed by atoms with E-state index in [0.717, 1.165) is 0 Å². The van der Waals surface area contributed by atoms with Gasteiger partial charge < -0.3 is 10.4 Å². The number of benzene rings is 2. The summed E-state index contributed by atoms with van der Waals surface area (Å²) < 4.78 is 0. The number of phenolic OH excluding ortho intramolecular Hbond substituents is 1. The second-order valence-corrected chi connectivity index (χ2v) is 5.88. The molecule has 0 aromatic heterocycles. The van der Waals surface area contributed by atoms with Crippen LogP contribution in [-0.2, 0) is 9.59 Å². The zero-order valence-electron chi connectivity index (χ0n) is 13.0. The van der Waals surface area contributed by atoms with Crippen molar-refractivity contribution in [2.24, 2.45) is 5.10 Å². The number of carbonyl (C=O) groups excluding carboxylic acids is 2. The van der Waals surface area contributed by atoms with Crippen LogP contribution < -0.4 is 10.7 Å². The van der Waals surface area contributed by atoms with Crippen LogP contribution in [0.3, 0.4) is 0 Å². The second-order valence-electron chi connectivity index (χ2n) is 5.03. The highest BCUT2D eigenvalue weighted by Crippen LogP contribution is 2.29. The first-order valence-corrected chi connectivity index (χ1v) is 8.06. The summed E-state index contributed by atoms with van der Waals surface area (Å²) in [6.07, 6.45) is 1.21. The van der Waals surface area contributed by atoms with Crippen molar-refractivity contribution in [3.8, 4) is 5.75 Å². The molecule has 3 N–H and O–H groups in total. The molecule has 6 nitrogen and oxygen atoms in total. The Hall–Kier alpha value is -2.57. The van der Waals surface area contributed by atoms with Crippen LogP contribution in [0.5, 0.6) is 5.75 Å². The van der Waals surface area contributed by atoms with Crippen LogP contribution in [0.1, 0.15) is 18.4 Å². The zero-order valence-corrected chi connectivity index (χ0v) is 14.5. The van der Waals surface area contributed by atoms with Crippen molar-refractivity contribution in [1.82, 2.24) is 5.43 Å². The van der Waals surface area contributed by atoms with Gasteiger partial charge in [0.1, 0.15) is 5.75 Å². The van der Waals surface area contributed by atoms with Gasteiger partial charge in [0.2, 0.25) is 11.8 Å². The van der Waals surface area contributed by atoms with E-state index in [0.29, 0.717) is 10.7 Å². The molecule has 2 aromatic carbocycles. The van der Waals surface area contributed by atoms with E-state index in [2.05, 4.69) is 15.8 Å². The van der Waals surface area contributed by atoms with Gasteiger partial charge in [0, 0.05) is 29.1 Å². The quantitative estimate of drug-likeness (QED) is 0.529. The molecule has 0 aliphatic heterocycles. The fourth-order valence-electron chi connectivity index (χ4n) is 1.89. The third kappa shape index (κ3) is 6.10. The summed E-state index contributed by atoms with van der Waals surface area (Å²) in [7, 11) is 0. The number of nitrogens with one attached hydrogen (secondary N) is 2. The fraction of sp³-hybridized carbons (Fsp3) is 0.118. The fourth-order valence-corrected chi connectivity index (χ4v) is 2.40. The highest BCUT2D eigenvalue weighted by atomic mass is 35.5. The van der Waals surface area contributed by atoms with Gasteiger partial charge in [-0.3, -0.25) is 9.59 Å². The van der Waals surface area contributed by atoms with Crippen LogP contribution >= 0.6 is 23.2 Å². The Morgan fingerprint density at radius 1 is 1.08 bits per heavy atom. The van der Waals surface area contributed by atoms with Crippen molar-refractivity contribution in [3.63, 3.8) is 0 Å². The first-order valence-electron chi connectivity index (χ1n) is 7.30. The third-order valence-corrected chi connectivity index (χ3v) is 3.59. The molecule has 0 bridgehead atoms. The average molecular weight is 380 g/mol. The van der Waals surface area contributed by atoms with E-state index in [4.69, 9.17) is 23.2 Å². The number of nitrogens with zero attached hydrogens (tertiary/aromatic N) is 1. The van der Waals surface area contributed by atoms with Crippen molar-refractivity contribution < 1.29 is 14.7 Å². The summed E-state index contributed by atoms with van der Waals surface area (Å²) in [6, 6.07) is 11.8. The lowest BCUT2D eigenvalue weighted by Gasteiger charge is -2.04. The first kappa shape index (κ1) is 18.8. The molecule has 2 amide bonds. The van der Waals surface area contributed by atoms with Gasteiger partial charge in [0.05, 0.1) is 11.2 Å². The molecule has 0 unspecified atom stereocenters. The molecule has 25 heavy (non-hydrogen) atoms. The Labute approximate surface area is 154 Å². The molecule has 2 rings (SSSR count). The minimum Gasteiger partial charge on any atom is -0.506 e. The summed E-state index contributed by atoms with van der Waals surface area (Å²) in [6.45, 7) is 0. The lowest BCUT2D eigenvalue weighted by atomic mass is 10.2. The monoisotopic (exact) mass is 379 g/mol. The number of hydrogen-bond donors (Lipinski definition) is 3. The molecule has 0 radical (unpaired) electrons. The number of anilines is 1. The van der Waals surface area contributed by atoms with Crippen molar-refractivity contribution in [2.45, 2.75) is 12.8 Å². The van der Waals surface area contributed by atoms with Crippen LogP contribution in [0, 0.1) is 0 Å². The van der Waals surface area contributed by atoms with Gasteiger partial charge in [0.15, 0.2) is 0 Å². The van der Waals surface area contributed by atoms with E-state index < -0.39 is 5.91 Å². The molecule has 2 aromatic rings. The number of halogens is 2. The first-order chi connectivity index (χ1) is 12.0. The lowest BCUT2D eigenvalue weighted by Crippen LogP contribution is -2.20. The summed E-state index contributed by atoms with van der Waals surface area (Å²) in [4.78, 5) is 23.4. The number of para-hydroxylation sites is 1. The van der Waals surface area contributed by atoms with E-state index in [1.54, 1.807) is 24.3 Å². The van der Waals surface area contributed by atoms with Gasteiger partial charge in [-0.05, 0) is 24.3 Å². The van der Waals surface area contributed by atoms with Crippen LogP contribution in [0.15, 0.2) is 47.6 Å². The van der Waals surface area contributed by atoms with E-state index in [1.165, 1.54) is 18.3 Å². The van der Waals surface area contributed by atoms with Crippen molar-refractivity contribution in [2.75, 3.05) is 5.32 Å². The number of rotatable bonds is 6. The highest BCUT2D eigenvalue weighted by molar-refractivity contribution is 6.36. The van der Waals surface area contributed by atoms with E-state index >= 15 is 0 Å². The third-order valence-electron chi connectivity index (χ3n) is 3.09. The molecule has 8 heteroatoms. The Balaban J connectivity index is 1.80. The van der Waals surface area contributed by atoms with Crippen molar-refractivity contribution in [3.05, 3.63) is 58.1 Å². The highest BCUT2D eigenvalue weighted by Gasteiger charge is 2.08. The Morgan fingerprint density at radius 2 is 1.76 bits per heavy atom. The van der Waals surface area contributed by atoms with E-state index in [9.17, 15) is 14.7 Å². The largest absolute Gasteiger partial charge is 0.506 e. The lowest BCUT2D eigenvalue weighted by molar-refractivity contribution is -0.124. The molecule has 130 valence electrons. The van der Waals surface area contributed by atoms with Crippen LogP contribution in [-0.4, -0.2) is 23.1 Å². The molecule has 0 aliphatic carbocycles. The van der Waals surface area contributed by atoms with Crippen LogP contribution in [0.2, 0.25) is 10.0 Å². The van der Waals surface area contributed by atoms with Crippen molar-refractivity contribution >= 4 is 46.9 Å². The van der Waals surface area contributed by atoms with E-state index in [1.807, 2.05) is 6.07 Å². The minimum absolute atomic E-state index is 0.0183. The molecule has 0 atom stereocenters. The number of amides is 2. The molecule has 0 spiro atoms. The Bertz CT molecular complexity index is 795. The summed E-state index contributed by atoms with van der Waals surface area (Å²) in [5.41, 5.74) is 3.20. The maximum atomic E-state index is 11.7. The predicted octanol–water partition coefficient (Wildman–Crippen LogP) is 3.57. The number of hydrazone groups is 1.